The van der Waals surface area contributed by atoms with Gasteiger partial charge in [-0.15, -0.1) is 11.3 Å². The maximum Gasteiger partial charge on any atom is 0.283 e. The Kier molecular flexibility index (Phi) is 6.82. The summed E-state index contributed by atoms with van der Waals surface area (Å²) in [5.74, 6) is -0.455. The van der Waals surface area contributed by atoms with E-state index in [1.54, 1.807) is 35.2 Å². The van der Waals surface area contributed by atoms with E-state index in [2.05, 4.69) is 10.5 Å². The number of hydrogen-bond acceptors (Lipinski definition) is 4. The molecule has 5 aromatic rings. The molecule has 0 saturated heterocycles. The van der Waals surface area contributed by atoms with E-state index in [1.165, 1.54) is 11.3 Å². The molecule has 0 aliphatic rings. The summed E-state index contributed by atoms with van der Waals surface area (Å²) in [6.07, 6.45) is 3.38. The Labute approximate surface area is 224 Å². The Morgan fingerprint density at radius 3 is 2.46 bits per heavy atom. The standard InChI is InChI=1S/C25H14Cl4N4OS/c26-16-8-6-14(7-9-16)23-15(13-33(32-23)18-4-2-1-3-5-18)12-30-31-25(34)24-22(29)21-19(28)10-17(27)11-20(21)35-24/h1-13H,(H,31,34)/b30-12-. The number of hydrazone groups is 1. The van der Waals surface area contributed by atoms with E-state index in [0.717, 1.165) is 16.0 Å². The fourth-order valence-corrected chi connectivity index (χ4v) is 5.89. The van der Waals surface area contributed by atoms with Crippen molar-refractivity contribution in [3.63, 3.8) is 0 Å². The summed E-state index contributed by atoms with van der Waals surface area (Å²) in [6.45, 7) is 0. The van der Waals surface area contributed by atoms with E-state index >= 15 is 0 Å². The van der Waals surface area contributed by atoms with Crippen molar-refractivity contribution in [2.24, 2.45) is 5.10 Å². The van der Waals surface area contributed by atoms with Crippen LogP contribution in [0.15, 0.2) is 78.0 Å². The fraction of sp³-hybridized carbons (Fsp3) is 0. The Balaban J connectivity index is 1.45. The average molecular weight is 560 g/mol. The fourth-order valence-electron chi connectivity index (χ4n) is 3.50. The molecule has 0 aliphatic heterocycles. The predicted molar refractivity (Wildman–Crippen MR) is 146 cm³/mol. The molecular weight excluding hydrogens is 546 g/mol. The SMILES string of the molecule is O=C(N/N=C\c1cn(-c2ccccc2)nc1-c1ccc(Cl)cc1)c1sc2cc(Cl)cc(Cl)c2c1Cl. The molecule has 0 saturated carbocycles. The maximum absolute atomic E-state index is 12.8. The van der Waals surface area contributed by atoms with Crippen LogP contribution in [-0.2, 0) is 0 Å². The second-order valence-electron chi connectivity index (χ2n) is 7.43. The summed E-state index contributed by atoms with van der Waals surface area (Å²) in [7, 11) is 0. The molecule has 0 atom stereocenters. The summed E-state index contributed by atoms with van der Waals surface area (Å²) in [4.78, 5) is 13.1. The van der Waals surface area contributed by atoms with Crippen LogP contribution in [-0.4, -0.2) is 21.9 Å². The van der Waals surface area contributed by atoms with Crippen molar-refractivity contribution in [2.45, 2.75) is 0 Å². The van der Waals surface area contributed by atoms with Gasteiger partial charge in [0, 0.05) is 37.5 Å². The zero-order valence-corrected chi connectivity index (χ0v) is 21.5. The number of rotatable bonds is 5. The molecule has 0 spiro atoms. The van der Waals surface area contributed by atoms with Crippen molar-refractivity contribution in [3.05, 3.63) is 103 Å². The quantitative estimate of drug-likeness (QED) is 0.174. The van der Waals surface area contributed by atoms with Crippen molar-refractivity contribution in [1.29, 1.82) is 0 Å². The van der Waals surface area contributed by atoms with Crippen LogP contribution in [0.3, 0.4) is 0 Å². The first kappa shape index (κ1) is 23.9. The Morgan fingerprint density at radius 2 is 1.71 bits per heavy atom. The number of aromatic nitrogens is 2. The molecule has 0 unspecified atom stereocenters. The van der Waals surface area contributed by atoms with Gasteiger partial charge in [-0.25, -0.2) is 10.1 Å². The van der Waals surface area contributed by atoms with E-state index in [1.807, 2.05) is 48.7 Å². The third-order valence-corrected chi connectivity index (χ3v) is 7.50. The lowest BCUT2D eigenvalue weighted by Gasteiger charge is -2.01. The van der Waals surface area contributed by atoms with Crippen LogP contribution in [0.2, 0.25) is 20.1 Å². The molecule has 2 heterocycles. The molecule has 10 heteroatoms. The number of thiophene rings is 1. The van der Waals surface area contributed by atoms with Gasteiger partial charge in [-0.05, 0) is 36.4 Å². The van der Waals surface area contributed by atoms with Crippen molar-refractivity contribution < 1.29 is 4.79 Å². The zero-order chi connectivity index (χ0) is 24.5. The molecule has 35 heavy (non-hydrogen) atoms. The molecule has 2 aromatic heterocycles. The molecule has 0 aliphatic carbocycles. The largest absolute Gasteiger partial charge is 0.283 e. The minimum absolute atomic E-state index is 0.262. The molecule has 0 fully saturated rings. The molecule has 5 rings (SSSR count). The zero-order valence-electron chi connectivity index (χ0n) is 17.7. The smallest absolute Gasteiger partial charge is 0.266 e. The third-order valence-electron chi connectivity index (χ3n) is 5.11. The van der Waals surface area contributed by atoms with Gasteiger partial charge in [0.05, 0.1) is 21.9 Å². The predicted octanol–water partition coefficient (Wildman–Crippen LogP) is 8.13. The number of nitrogens with one attached hydrogen (secondary N) is 1. The van der Waals surface area contributed by atoms with Crippen LogP contribution in [0, 0.1) is 0 Å². The minimum Gasteiger partial charge on any atom is -0.266 e. The average Bonchev–Trinajstić information content (AvgIpc) is 3.41. The van der Waals surface area contributed by atoms with Crippen molar-refractivity contribution in [1.82, 2.24) is 15.2 Å². The summed E-state index contributed by atoms with van der Waals surface area (Å²) >= 11 is 26.0. The van der Waals surface area contributed by atoms with E-state index in [9.17, 15) is 4.79 Å². The van der Waals surface area contributed by atoms with Crippen molar-refractivity contribution >= 4 is 79.9 Å². The number of halogens is 4. The number of benzene rings is 3. The summed E-state index contributed by atoms with van der Waals surface area (Å²) in [6, 6.07) is 20.3. The summed E-state index contributed by atoms with van der Waals surface area (Å²) in [5, 5.41) is 11.2. The van der Waals surface area contributed by atoms with E-state index in [0.29, 0.717) is 36.6 Å². The number of hydrogen-bond donors (Lipinski definition) is 1. The van der Waals surface area contributed by atoms with Crippen LogP contribution in [0.4, 0.5) is 0 Å². The Bertz CT molecular complexity index is 1580. The number of carbonyl (C=O) groups excluding carboxylic acids is 1. The molecule has 1 N–H and O–H groups in total. The molecule has 5 nitrogen and oxygen atoms in total. The van der Waals surface area contributed by atoms with Crippen LogP contribution in [0.5, 0.6) is 0 Å². The van der Waals surface area contributed by atoms with Gasteiger partial charge < -0.3 is 0 Å². The van der Waals surface area contributed by atoms with Gasteiger partial charge >= 0.3 is 0 Å². The second-order valence-corrected chi connectivity index (χ2v) is 10.1. The number of nitrogens with zero attached hydrogens (tertiary/aromatic N) is 3. The Hall–Kier alpha value is -2.87. The Morgan fingerprint density at radius 1 is 0.971 bits per heavy atom. The van der Waals surface area contributed by atoms with Gasteiger partial charge in [-0.3, -0.25) is 4.79 Å². The molecule has 3 aromatic carbocycles. The number of fused-ring (bicyclic) bond motifs is 1. The van der Waals surface area contributed by atoms with E-state index in [4.69, 9.17) is 51.5 Å². The molecule has 174 valence electrons. The van der Waals surface area contributed by atoms with Crippen molar-refractivity contribution in [3.8, 4) is 16.9 Å². The normalized spacial score (nSPS) is 11.4. The summed E-state index contributed by atoms with van der Waals surface area (Å²) < 4.78 is 2.47. The second kappa shape index (κ2) is 10.0. The van der Waals surface area contributed by atoms with Crippen LogP contribution in [0.1, 0.15) is 15.2 Å². The highest BCUT2D eigenvalue weighted by Crippen LogP contribution is 2.41. The molecule has 0 bridgehead atoms. The highest BCUT2D eigenvalue weighted by atomic mass is 35.5. The first-order valence-corrected chi connectivity index (χ1v) is 12.5. The van der Waals surface area contributed by atoms with E-state index < -0.39 is 5.91 Å². The minimum atomic E-state index is -0.455. The lowest BCUT2D eigenvalue weighted by atomic mass is 10.1. The van der Waals surface area contributed by atoms with Gasteiger partial charge in [-0.2, -0.15) is 10.2 Å². The first-order chi connectivity index (χ1) is 16.9. The third kappa shape index (κ3) is 4.94. The number of para-hydroxylation sites is 1. The topological polar surface area (TPSA) is 59.3 Å². The first-order valence-electron chi connectivity index (χ1n) is 10.2. The van der Waals surface area contributed by atoms with Crippen LogP contribution >= 0.6 is 57.7 Å². The monoisotopic (exact) mass is 558 g/mol. The lowest BCUT2D eigenvalue weighted by molar-refractivity contribution is 0.0959. The molecule has 1 amide bonds. The maximum atomic E-state index is 12.8. The molecule has 0 radical (unpaired) electrons. The number of amides is 1. The van der Waals surface area contributed by atoms with Gasteiger partial charge in [0.15, 0.2) is 0 Å². The van der Waals surface area contributed by atoms with Gasteiger partial charge in [-0.1, -0.05) is 76.7 Å². The summed E-state index contributed by atoms with van der Waals surface area (Å²) in [5.41, 5.74) is 5.68. The van der Waals surface area contributed by atoms with E-state index in [-0.39, 0.29) is 5.02 Å². The van der Waals surface area contributed by atoms with Crippen LogP contribution in [0.25, 0.3) is 27.0 Å². The van der Waals surface area contributed by atoms with Crippen LogP contribution < -0.4 is 5.43 Å². The highest BCUT2D eigenvalue weighted by Gasteiger charge is 2.19. The highest BCUT2D eigenvalue weighted by molar-refractivity contribution is 7.21. The number of carbonyl (C=O) groups is 1. The van der Waals surface area contributed by atoms with Gasteiger partial charge in [0.25, 0.3) is 5.91 Å². The van der Waals surface area contributed by atoms with Crippen molar-refractivity contribution in [2.75, 3.05) is 0 Å². The lowest BCUT2D eigenvalue weighted by Crippen LogP contribution is -2.16. The molecular formula is C25H14Cl4N4OS. The van der Waals surface area contributed by atoms with Gasteiger partial charge in [0.1, 0.15) is 10.6 Å². The van der Waals surface area contributed by atoms with Gasteiger partial charge in [0.2, 0.25) is 0 Å².